The molecule has 20 heavy (non-hydrogen) atoms. The quantitative estimate of drug-likeness (QED) is 0.911. The van der Waals surface area contributed by atoms with Gasteiger partial charge in [0.25, 0.3) is 0 Å². The molecule has 106 valence electrons. The van der Waals surface area contributed by atoms with Gasteiger partial charge >= 0.3 is 0 Å². The molecule has 0 bridgehead atoms. The molecule has 0 saturated carbocycles. The first-order valence-electron chi connectivity index (χ1n) is 5.87. The van der Waals surface area contributed by atoms with Crippen LogP contribution in [0.5, 0.6) is 0 Å². The van der Waals surface area contributed by atoms with Crippen molar-refractivity contribution >= 4 is 38.9 Å². The van der Waals surface area contributed by atoms with Gasteiger partial charge in [0, 0.05) is 15.7 Å². The second-order valence-electron chi connectivity index (χ2n) is 4.42. The number of halogens is 2. The molecule has 2 rings (SSSR count). The van der Waals surface area contributed by atoms with Crippen molar-refractivity contribution < 1.29 is 8.42 Å². The van der Waals surface area contributed by atoms with Crippen molar-refractivity contribution in [3.05, 3.63) is 63.6 Å². The van der Waals surface area contributed by atoms with Gasteiger partial charge in [-0.3, -0.25) is 4.72 Å². The van der Waals surface area contributed by atoms with Crippen LogP contribution in [-0.4, -0.2) is 8.42 Å². The maximum atomic E-state index is 12.1. The summed E-state index contributed by atoms with van der Waals surface area (Å²) in [6.07, 6.45) is 0. The maximum absolute atomic E-state index is 12.1. The number of nitrogens with one attached hydrogen (secondary N) is 1. The molecule has 2 aromatic carbocycles. The summed E-state index contributed by atoms with van der Waals surface area (Å²) in [6.45, 7) is 1.85. The molecule has 0 aromatic heterocycles. The van der Waals surface area contributed by atoms with E-state index in [0.29, 0.717) is 21.3 Å². The molecule has 6 heteroatoms. The van der Waals surface area contributed by atoms with E-state index in [4.69, 9.17) is 23.2 Å². The Hall–Kier alpha value is -1.23. The second-order valence-corrected chi connectivity index (χ2v) is 6.95. The van der Waals surface area contributed by atoms with Crippen LogP contribution in [0.3, 0.4) is 0 Å². The summed E-state index contributed by atoms with van der Waals surface area (Å²) < 4.78 is 26.7. The Bertz CT molecular complexity index is 730. The molecule has 1 N–H and O–H groups in total. The van der Waals surface area contributed by atoms with E-state index in [1.807, 2.05) is 6.92 Å². The molecule has 0 amide bonds. The van der Waals surface area contributed by atoms with Crippen molar-refractivity contribution in [3.8, 4) is 0 Å². The first-order chi connectivity index (χ1) is 9.37. The van der Waals surface area contributed by atoms with Gasteiger partial charge in [0.2, 0.25) is 10.0 Å². The van der Waals surface area contributed by atoms with Crippen LogP contribution in [0.2, 0.25) is 10.0 Å². The van der Waals surface area contributed by atoms with E-state index < -0.39 is 10.0 Å². The van der Waals surface area contributed by atoms with E-state index in [1.165, 1.54) is 0 Å². The third-order valence-corrected chi connectivity index (χ3v) is 4.76. The minimum absolute atomic E-state index is 0.182. The van der Waals surface area contributed by atoms with E-state index in [1.54, 1.807) is 42.5 Å². The average Bonchev–Trinajstić information content (AvgIpc) is 2.36. The third kappa shape index (κ3) is 3.88. The summed E-state index contributed by atoms with van der Waals surface area (Å²) in [4.78, 5) is 0. The van der Waals surface area contributed by atoms with Crippen LogP contribution in [0.1, 0.15) is 11.1 Å². The topological polar surface area (TPSA) is 46.2 Å². The summed E-state index contributed by atoms with van der Waals surface area (Å²) in [5.41, 5.74) is 1.88. The molecule has 0 unspecified atom stereocenters. The first kappa shape index (κ1) is 15.2. The van der Waals surface area contributed by atoms with Gasteiger partial charge in [-0.05, 0) is 36.2 Å². The highest BCUT2D eigenvalue weighted by Gasteiger charge is 2.14. The standard InChI is InChI=1S/C14H13Cl2NO2S/c1-10-6-7-12(8-14(10)16)17-20(18,19)9-11-4-2-3-5-13(11)15/h2-8,17H,9H2,1H3. The molecule has 2 aromatic rings. The zero-order valence-electron chi connectivity index (χ0n) is 10.7. The summed E-state index contributed by atoms with van der Waals surface area (Å²) >= 11 is 11.9. The van der Waals surface area contributed by atoms with Crippen molar-refractivity contribution in [3.63, 3.8) is 0 Å². The summed E-state index contributed by atoms with van der Waals surface area (Å²) in [5.74, 6) is -0.182. The van der Waals surface area contributed by atoms with Crippen molar-refractivity contribution in [2.45, 2.75) is 12.7 Å². The minimum Gasteiger partial charge on any atom is -0.283 e. The van der Waals surface area contributed by atoms with Gasteiger partial charge < -0.3 is 0 Å². The summed E-state index contributed by atoms with van der Waals surface area (Å²) in [6, 6.07) is 11.9. The second kappa shape index (κ2) is 6.04. The number of hydrogen-bond acceptors (Lipinski definition) is 2. The number of benzene rings is 2. The number of anilines is 1. The fourth-order valence-electron chi connectivity index (χ4n) is 1.69. The lowest BCUT2D eigenvalue weighted by Crippen LogP contribution is -2.15. The lowest BCUT2D eigenvalue weighted by molar-refractivity contribution is 0.600. The van der Waals surface area contributed by atoms with Crippen LogP contribution in [0.4, 0.5) is 5.69 Å². The van der Waals surface area contributed by atoms with Crippen molar-refractivity contribution in [2.75, 3.05) is 4.72 Å². The van der Waals surface area contributed by atoms with Gasteiger partial charge in [-0.1, -0.05) is 47.5 Å². The van der Waals surface area contributed by atoms with Gasteiger partial charge in [-0.25, -0.2) is 8.42 Å². The zero-order valence-corrected chi connectivity index (χ0v) is 13.1. The smallest absolute Gasteiger partial charge is 0.236 e. The molecule has 0 spiro atoms. The first-order valence-corrected chi connectivity index (χ1v) is 8.28. The number of aryl methyl sites for hydroxylation is 1. The molecule has 0 fully saturated rings. The van der Waals surface area contributed by atoms with E-state index in [0.717, 1.165) is 5.56 Å². The van der Waals surface area contributed by atoms with Crippen molar-refractivity contribution in [2.24, 2.45) is 0 Å². The molecule has 3 nitrogen and oxygen atoms in total. The molecular formula is C14H13Cl2NO2S. The van der Waals surface area contributed by atoms with Gasteiger partial charge in [0.05, 0.1) is 5.75 Å². The highest BCUT2D eigenvalue weighted by molar-refractivity contribution is 7.91. The van der Waals surface area contributed by atoms with Crippen molar-refractivity contribution in [1.82, 2.24) is 0 Å². The number of hydrogen-bond donors (Lipinski definition) is 1. The fourth-order valence-corrected chi connectivity index (χ4v) is 3.37. The van der Waals surface area contributed by atoms with Gasteiger partial charge in [-0.2, -0.15) is 0 Å². The summed E-state index contributed by atoms with van der Waals surface area (Å²) in [5, 5.41) is 0.947. The Morgan fingerprint density at radius 2 is 1.75 bits per heavy atom. The molecule has 0 aliphatic rings. The lowest BCUT2D eigenvalue weighted by Gasteiger charge is -2.10. The van der Waals surface area contributed by atoms with E-state index >= 15 is 0 Å². The molecule has 0 aliphatic carbocycles. The van der Waals surface area contributed by atoms with Crippen LogP contribution >= 0.6 is 23.2 Å². The Morgan fingerprint density at radius 3 is 2.40 bits per heavy atom. The van der Waals surface area contributed by atoms with Gasteiger partial charge in [0.15, 0.2) is 0 Å². The van der Waals surface area contributed by atoms with E-state index in [2.05, 4.69) is 4.72 Å². The Balaban J connectivity index is 2.19. The minimum atomic E-state index is -3.53. The van der Waals surface area contributed by atoms with Crippen LogP contribution in [0.15, 0.2) is 42.5 Å². The van der Waals surface area contributed by atoms with Crippen LogP contribution in [-0.2, 0) is 15.8 Å². The number of sulfonamides is 1. The fraction of sp³-hybridized carbons (Fsp3) is 0.143. The van der Waals surface area contributed by atoms with Gasteiger partial charge in [0.1, 0.15) is 0 Å². The Morgan fingerprint density at radius 1 is 1.05 bits per heavy atom. The molecule has 0 heterocycles. The van der Waals surface area contributed by atoms with Crippen LogP contribution in [0, 0.1) is 6.92 Å². The SMILES string of the molecule is Cc1ccc(NS(=O)(=O)Cc2ccccc2Cl)cc1Cl. The average molecular weight is 330 g/mol. The summed E-state index contributed by atoms with van der Waals surface area (Å²) in [7, 11) is -3.53. The normalized spacial score (nSPS) is 11.3. The predicted octanol–water partition coefficient (Wildman–Crippen LogP) is 4.24. The van der Waals surface area contributed by atoms with E-state index in [9.17, 15) is 8.42 Å². The van der Waals surface area contributed by atoms with Crippen LogP contribution in [0.25, 0.3) is 0 Å². The molecule has 0 radical (unpaired) electrons. The Labute approximate surface area is 128 Å². The molecule has 0 atom stereocenters. The monoisotopic (exact) mass is 329 g/mol. The number of rotatable bonds is 4. The van der Waals surface area contributed by atoms with E-state index in [-0.39, 0.29) is 5.75 Å². The molecule has 0 aliphatic heterocycles. The van der Waals surface area contributed by atoms with Gasteiger partial charge in [-0.15, -0.1) is 0 Å². The third-order valence-electron chi connectivity index (χ3n) is 2.75. The predicted molar refractivity (Wildman–Crippen MR) is 83.9 cm³/mol. The van der Waals surface area contributed by atoms with Crippen molar-refractivity contribution in [1.29, 1.82) is 0 Å². The zero-order chi connectivity index (χ0) is 14.8. The highest BCUT2D eigenvalue weighted by atomic mass is 35.5. The highest BCUT2D eigenvalue weighted by Crippen LogP contribution is 2.23. The van der Waals surface area contributed by atoms with Crippen LogP contribution < -0.4 is 4.72 Å². The molecular weight excluding hydrogens is 317 g/mol. The lowest BCUT2D eigenvalue weighted by atomic mass is 10.2. The maximum Gasteiger partial charge on any atom is 0.236 e. The largest absolute Gasteiger partial charge is 0.283 e. The molecule has 0 saturated heterocycles. The Kier molecular flexibility index (Phi) is 4.58.